The predicted molar refractivity (Wildman–Crippen MR) is 116 cm³/mol. The standard InChI is InChI=1S/C24H22FN3O2/c25-18-8-4-7-17(15-18)24(13-6-14-24)22(29)26-20-11-5-12-21(16-20)28-23(30)27-19-9-2-1-3-10-19/h1-5,7-12,15-16H,6,13-14H2,(H,26,29)(H2,27,28,30). The summed E-state index contributed by atoms with van der Waals surface area (Å²) >= 11 is 0. The van der Waals surface area contributed by atoms with Crippen LogP contribution in [0, 0.1) is 5.82 Å². The lowest BCUT2D eigenvalue weighted by Crippen LogP contribution is -2.46. The van der Waals surface area contributed by atoms with E-state index in [2.05, 4.69) is 16.0 Å². The van der Waals surface area contributed by atoms with Gasteiger partial charge in [-0.15, -0.1) is 0 Å². The van der Waals surface area contributed by atoms with Crippen LogP contribution in [0.4, 0.5) is 26.2 Å². The lowest BCUT2D eigenvalue weighted by Gasteiger charge is -2.40. The highest BCUT2D eigenvalue weighted by Crippen LogP contribution is 2.44. The van der Waals surface area contributed by atoms with Crippen molar-refractivity contribution in [2.75, 3.05) is 16.0 Å². The van der Waals surface area contributed by atoms with E-state index in [1.54, 1.807) is 48.5 Å². The summed E-state index contributed by atoms with van der Waals surface area (Å²) < 4.78 is 13.7. The Hall–Kier alpha value is -3.67. The molecule has 0 heterocycles. The maximum absolute atomic E-state index is 13.7. The van der Waals surface area contributed by atoms with E-state index in [0.717, 1.165) is 6.42 Å². The fraction of sp³-hybridized carbons (Fsp3) is 0.167. The van der Waals surface area contributed by atoms with E-state index >= 15 is 0 Å². The van der Waals surface area contributed by atoms with Crippen molar-refractivity contribution in [2.24, 2.45) is 0 Å². The molecule has 3 amide bonds. The minimum absolute atomic E-state index is 0.162. The Balaban J connectivity index is 1.45. The number of anilines is 3. The van der Waals surface area contributed by atoms with Gasteiger partial charge in [0, 0.05) is 17.1 Å². The van der Waals surface area contributed by atoms with Crippen molar-refractivity contribution in [3.8, 4) is 0 Å². The summed E-state index contributed by atoms with van der Waals surface area (Å²) in [5.41, 5.74) is 1.79. The highest BCUT2D eigenvalue weighted by molar-refractivity contribution is 6.02. The fourth-order valence-electron chi connectivity index (χ4n) is 3.70. The first kappa shape index (κ1) is 19.6. The summed E-state index contributed by atoms with van der Waals surface area (Å²) in [5.74, 6) is -0.507. The molecule has 0 spiro atoms. The topological polar surface area (TPSA) is 70.2 Å². The number of halogens is 1. The van der Waals surface area contributed by atoms with Crippen LogP contribution in [0.1, 0.15) is 24.8 Å². The van der Waals surface area contributed by atoms with Crippen LogP contribution in [-0.4, -0.2) is 11.9 Å². The number of amides is 3. The number of para-hydroxylation sites is 1. The second-order valence-corrected chi connectivity index (χ2v) is 7.43. The van der Waals surface area contributed by atoms with Gasteiger partial charge < -0.3 is 16.0 Å². The molecule has 0 atom stereocenters. The third-order valence-electron chi connectivity index (χ3n) is 5.43. The highest BCUT2D eigenvalue weighted by Gasteiger charge is 2.45. The fourth-order valence-corrected chi connectivity index (χ4v) is 3.70. The van der Waals surface area contributed by atoms with Gasteiger partial charge in [0.1, 0.15) is 5.82 Å². The first-order valence-corrected chi connectivity index (χ1v) is 9.86. The van der Waals surface area contributed by atoms with Gasteiger partial charge in [0.15, 0.2) is 0 Å². The Morgan fingerprint density at radius 2 is 1.37 bits per heavy atom. The van der Waals surface area contributed by atoms with Gasteiger partial charge >= 0.3 is 6.03 Å². The van der Waals surface area contributed by atoms with Crippen LogP contribution in [0.5, 0.6) is 0 Å². The molecule has 1 saturated carbocycles. The Morgan fingerprint density at radius 1 is 0.733 bits per heavy atom. The van der Waals surface area contributed by atoms with Crippen LogP contribution in [0.2, 0.25) is 0 Å². The van der Waals surface area contributed by atoms with Crippen LogP contribution in [0.3, 0.4) is 0 Å². The number of rotatable bonds is 5. The van der Waals surface area contributed by atoms with E-state index in [1.807, 2.05) is 18.2 Å². The molecule has 4 rings (SSSR count). The van der Waals surface area contributed by atoms with Gasteiger partial charge in [-0.25, -0.2) is 9.18 Å². The number of hydrogen-bond donors (Lipinski definition) is 3. The van der Waals surface area contributed by atoms with Gasteiger partial charge in [-0.1, -0.05) is 42.8 Å². The van der Waals surface area contributed by atoms with Gasteiger partial charge in [0.25, 0.3) is 0 Å². The second-order valence-electron chi connectivity index (χ2n) is 7.43. The molecule has 0 radical (unpaired) electrons. The number of benzene rings is 3. The lowest BCUT2D eigenvalue weighted by atomic mass is 9.63. The molecule has 6 heteroatoms. The Labute approximate surface area is 174 Å². The maximum atomic E-state index is 13.7. The smallest absolute Gasteiger partial charge is 0.323 e. The predicted octanol–water partition coefficient (Wildman–Crippen LogP) is 5.53. The zero-order valence-electron chi connectivity index (χ0n) is 16.3. The van der Waals surface area contributed by atoms with Gasteiger partial charge in [-0.05, 0) is 60.9 Å². The summed E-state index contributed by atoms with van der Waals surface area (Å²) in [4.78, 5) is 25.3. The molecule has 3 aromatic rings. The highest BCUT2D eigenvalue weighted by atomic mass is 19.1. The number of urea groups is 1. The van der Waals surface area contributed by atoms with Crippen molar-refractivity contribution in [1.82, 2.24) is 0 Å². The SMILES string of the molecule is O=C(Nc1ccccc1)Nc1cccc(NC(=O)C2(c3cccc(F)c3)CCC2)c1. The molecular weight excluding hydrogens is 381 g/mol. The number of carbonyl (C=O) groups excluding carboxylic acids is 2. The van der Waals surface area contributed by atoms with Crippen LogP contribution in [0.15, 0.2) is 78.9 Å². The van der Waals surface area contributed by atoms with Crippen molar-refractivity contribution in [2.45, 2.75) is 24.7 Å². The van der Waals surface area contributed by atoms with Gasteiger partial charge in [0.05, 0.1) is 5.41 Å². The number of carbonyl (C=O) groups is 2. The van der Waals surface area contributed by atoms with E-state index in [9.17, 15) is 14.0 Å². The summed E-state index contributed by atoms with van der Waals surface area (Å²) in [6.45, 7) is 0. The largest absolute Gasteiger partial charge is 0.325 e. The average molecular weight is 403 g/mol. The molecule has 0 bridgehead atoms. The van der Waals surface area contributed by atoms with Gasteiger partial charge in [0.2, 0.25) is 5.91 Å². The lowest BCUT2D eigenvalue weighted by molar-refractivity contribution is -0.124. The maximum Gasteiger partial charge on any atom is 0.323 e. The van der Waals surface area contributed by atoms with E-state index < -0.39 is 5.41 Å². The Kier molecular flexibility index (Phi) is 5.48. The van der Waals surface area contributed by atoms with Crippen molar-refractivity contribution in [3.05, 3.63) is 90.2 Å². The van der Waals surface area contributed by atoms with E-state index in [1.165, 1.54) is 12.1 Å². The minimum atomic E-state index is -0.712. The molecule has 0 saturated heterocycles. The summed E-state index contributed by atoms with van der Waals surface area (Å²) in [7, 11) is 0. The quantitative estimate of drug-likeness (QED) is 0.524. The molecule has 30 heavy (non-hydrogen) atoms. The molecule has 0 aliphatic heterocycles. The van der Waals surface area contributed by atoms with Crippen LogP contribution in [0.25, 0.3) is 0 Å². The van der Waals surface area contributed by atoms with Crippen molar-refractivity contribution >= 4 is 29.0 Å². The van der Waals surface area contributed by atoms with Crippen molar-refractivity contribution in [1.29, 1.82) is 0 Å². The zero-order chi connectivity index (χ0) is 21.0. The third-order valence-corrected chi connectivity index (χ3v) is 5.43. The molecule has 1 aliphatic carbocycles. The summed E-state index contributed by atoms with van der Waals surface area (Å²) in [6.07, 6.45) is 2.28. The van der Waals surface area contributed by atoms with E-state index in [0.29, 0.717) is 35.5 Å². The molecule has 3 N–H and O–H groups in total. The Morgan fingerprint density at radius 3 is 2.03 bits per heavy atom. The first-order chi connectivity index (χ1) is 14.5. The third kappa shape index (κ3) is 4.17. The summed E-state index contributed by atoms with van der Waals surface area (Å²) in [5, 5.41) is 8.44. The minimum Gasteiger partial charge on any atom is -0.325 e. The molecule has 3 aromatic carbocycles. The van der Waals surface area contributed by atoms with Crippen LogP contribution < -0.4 is 16.0 Å². The molecule has 0 aromatic heterocycles. The monoisotopic (exact) mass is 403 g/mol. The molecule has 0 unspecified atom stereocenters. The molecule has 152 valence electrons. The van der Waals surface area contributed by atoms with E-state index in [-0.39, 0.29) is 17.8 Å². The van der Waals surface area contributed by atoms with Crippen LogP contribution >= 0.6 is 0 Å². The first-order valence-electron chi connectivity index (χ1n) is 9.86. The summed E-state index contributed by atoms with van der Waals surface area (Å²) in [6, 6.07) is 21.9. The number of hydrogen-bond acceptors (Lipinski definition) is 2. The normalized spacial score (nSPS) is 14.3. The molecular formula is C24H22FN3O2. The van der Waals surface area contributed by atoms with Crippen LogP contribution in [-0.2, 0) is 10.2 Å². The molecule has 5 nitrogen and oxygen atoms in total. The Bertz CT molecular complexity index is 1060. The number of nitrogens with one attached hydrogen (secondary N) is 3. The van der Waals surface area contributed by atoms with Crippen molar-refractivity contribution < 1.29 is 14.0 Å². The van der Waals surface area contributed by atoms with Gasteiger partial charge in [-0.3, -0.25) is 4.79 Å². The van der Waals surface area contributed by atoms with Gasteiger partial charge in [-0.2, -0.15) is 0 Å². The average Bonchev–Trinajstić information content (AvgIpc) is 2.68. The second kappa shape index (κ2) is 8.37. The van der Waals surface area contributed by atoms with E-state index in [4.69, 9.17) is 0 Å². The molecule has 1 fully saturated rings. The zero-order valence-corrected chi connectivity index (χ0v) is 16.3. The molecule has 1 aliphatic rings. The van der Waals surface area contributed by atoms with Crippen molar-refractivity contribution in [3.63, 3.8) is 0 Å².